The van der Waals surface area contributed by atoms with Gasteiger partial charge in [-0.1, -0.05) is 27.2 Å². The minimum Gasteiger partial charge on any atom is -0.320 e. The fraction of sp³-hybridized carbons (Fsp3) is 1.00. The van der Waals surface area contributed by atoms with Crippen LogP contribution in [0, 0.1) is 5.41 Å². The fourth-order valence-corrected chi connectivity index (χ4v) is 1.93. The van der Waals surface area contributed by atoms with Gasteiger partial charge in [0.25, 0.3) is 0 Å². The molecule has 0 aromatic rings. The van der Waals surface area contributed by atoms with Crippen molar-refractivity contribution in [1.82, 2.24) is 5.32 Å². The summed E-state index contributed by atoms with van der Waals surface area (Å²) in [5, 5.41) is 4.07. The van der Waals surface area contributed by atoms with Gasteiger partial charge in [0.15, 0.2) is 0 Å². The summed E-state index contributed by atoms with van der Waals surface area (Å²) in [6, 6.07) is 0. The lowest BCUT2D eigenvalue weighted by atomic mass is 9.79. The van der Waals surface area contributed by atoms with Crippen molar-refractivity contribution < 1.29 is 0 Å². The number of nitrogens with one attached hydrogen (secondary N) is 1. The molecule has 2 unspecified atom stereocenters. The van der Waals surface area contributed by atoms with Gasteiger partial charge in [-0.3, -0.25) is 0 Å². The highest BCUT2D eigenvalue weighted by atomic mass is 32.2. The third-order valence-corrected chi connectivity index (χ3v) is 4.43. The smallest absolute Gasteiger partial charge is 0.00161 e. The molecule has 0 rings (SSSR count). The molecular formula is C12H27NS. The van der Waals surface area contributed by atoms with Gasteiger partial charge in [-0.25, -0.2) is 0 Å². The molecule has 0 aromatic heterocycles. The molecule has 1 nitrogen and oxygen atoms in total. The lowest BCUT2D eigenvalue weighted by Crippen LogP contribution is -2.23. The van der Waals surface area contributed by atoms with E-state index in [-0.39, 0.29) is 0 Å². The Bertz CT molecular complexity index is 138. The van der Waals surface area contributed by atoms with Crippen LogP contribution in [0.25, 0.3) is 0 Å². The van der Waals surface area contributed by atoms with Crippen LogP contribution in [0.5, 0.6) is 0 Å². The lowest BCUT2D eigenvalue weighted by Gasteiger charge is -2.29. The maximum Gasteiger partial charge on any atom is 0.00161 e. The molecule has 1 N–H and O–H groups in total. The molecule has 0 heterocycles. The summed E-state index contributed by atoms with van der Waals surface area (Å²) in [6.07, 6.45) is 7.54. The molecule has 86 valence electrons. The van der Waals surface area contributed by atoms with E-state index in [0.717, 1.165) is 11.8 Å². The largest absolute Gasteiger partial charge is 0.320 e. The summed E-state index contributed by atoms with van der Waals surface area (Å²) in [7, 11) is 2.04. The predicted octanol–water partition coefficient (Wildman–Crippen LogP) is 3.54. The Morgan fingerprint density at radius 2 is 2.00 bits per heavy atom. The van der Waals surface area contributed by atoms with Gasteiger partial charge < -0.3 is 5.32 Å². The second-order valence-corrected chi connectivity index (χ2v) is 5.88. The predicted molar refractivity (Wildman–Crippen MR) is 69.2 cm³/mol. The Kier molecular flexibility index (Phi) is 7.75. The Labute approximate surface area is 94.4 Å². The summed E-state index contributed by atoms with van der Waals surface area (Å²) in [5.74, 6) is 0. The first-order valence-electron chi connectivity index (χ1n) is 5.75. The Hall–Kier alpha value is 0.310. The van der Waals surface area contributed by atoms with Crippen molar-refractivity contribution in [3.8, 4) is 0 Å². The number of hydrogen-bond acceptors (Lipinski definition) is 2. The minimum atomic E-state index is 0.549. The van der Waals surface area contributed by atoms with Gasteiger partial charge in [0.05, 0.1) is 0 Å². The topological polar surface area (TPSA) is 12.0 Å². The fourth-order valence-electron chi connectivity index (χ4n) is 1.57. The van der Waals surface area contributed by atoms with Crippen LogP contribution in [0.2, 0.25) is 0 Å². The first kappa shape index (κ1) is 14.3. The quantitative estimate of drug-likeness (QED) is 0.667. The maximum atomic E-state index is 3.25. The normalized spacial score (nSPS) is 17.8. The third kappa shape index (κ3) is 5.92. The zero-order valence-electron chi connectivity index (χ0n) is 10.5. The van der Waals surface area contributed by atoms with Crippen LogP contribution in [0.3, 0.4) is 0 Å². The molecule has 0 amide bonds. The molecule has 0 aromatic carbocycles. The van der Waals surface area contributed by atoms with E-state index in [0.29, 0.717) is 5.41 Å². The van der Waals surface area contributed by atoms with Crippen molar-refractivity contribution in [1.29, 1.82) is 0 Å². The van der Waals surface area contributed by atoms with Crippen LogP contribution < -0.4 is 5.32 Å². The molecule has 14 heavy (non-hydrogen) atoms. The highest BCUT2D eigenvalue weighted by molar-refractivity contribution is 7.99. The van der Waals surface area contributed by atoms with Crippen LogP contribution in [0.4, 0.5) is 0 Å². The number of rotatable bonds is 8. The standard InChI is InChI=1S/C12H27NS/c1-6-12(3,9-10-13-4)8-7-11(2)14-5/h11,13H,6-10H2,1-5H3. The van der Waals surface area contributed by atoms with Crippen molar-refractivity contribution in [2.75, 3.05) is 19.8 Å². The molecule has 0 spiro atoms. The van der Waals surface area contributed by atoms with E-state index in [1.807, 2.05) is 18.8 Å². The van der Waals surface area contributed by atoms with Crippen molar-refractivity contribution in [3.05, 3.63) is 0 Å². The van der Waals surface area contributed by atoms with Crippen molar-refractivity contribution in [2.45, 2.75) is 51.7 Å². The molecule has 0 bridgehead atoms. The zero-order valence-corrected chi connectivity index (χ0v) is 11.3. The van der Waals surface area contributed by atoms with Gasteiger partial charge in [0, 0.05) is 5.25 Å². The van der Waals surface area contributed by atoms with Gasteiger partial charge in [-0.15, -0.1) is 0 Å². The molecule has 0 fully saturated rings. The van der Waals surface area contributed by atoms with Gasteiger partial charge in [0.1, 0.15) is 0 Å². The van der Waals surface area contributed by atoms with E-state index >= 15 is 0 Å². The van der Waals surface area contributed by atoms with Crippen LogP contribution in [-0.2, 0) is 0 Å². The highest BCUT2D eigenvalue weighted by Gasteiger charge is 2.21. The Morgan fingerprint density at radius 1 is 1.36 bits per heavy atom. The van der Waals surface area contributed by atoms with Gasteiger partial charge >= 0.3 is 0 Å². The van der Waals surface area contributed by atoms with Crippen molar-refractivity contribution in [3.63, 3.8) is 0 Å². The van der Waals surface area contributed by atoms with Crippen molar-refractivity contribution >= 4 is 11.8 Å². The molecule has 0 aliphatic carbocycles. The molecular weight excluding hydrogens is 190 g/mol. The van der Waals surface area contributed by atoms with E-state index in [2.05, 4.69) is 32.3 Å². The second kappa shape index (κ2) is 7.58. The molecule has 2 atom stereocenters. The van der Waals surface area contributed by atoms with E-state index in [1.54, 1.807) is 0 Å². The number of hydrogen-bond donors (Lipinski definition) is 1. The van der Waals surface area contributed by atoms with Gasteiger partial charge in [0.2, 0.25) is 0 Å². The van der Waals surface area contributed by atoms with Crippen LogP contribution >= 0.6 is 11.8 Å². The molecule has 0 aliphatic heterocycles. The van der Waals surface area contributed by atoms with Crippen LogP contribution in [-0.4, -0.2) is 25.1 Å². The average molecular weight is 217 g/mol. The molecule has 0 aliphatic rings. The minimum absolute atomic E-state index is 0.549. The second-order valence-electron chi connectivity index (χ2n) is 4.60. The maximum absolute atomic E-state index is 3.25. The zero-order chi connectivity index (χ0) is 11.0. The van der Waals surface area contributed by atoms with E-state index < -0.39 is 0 Å². The van der Waals surface area contributed by atoms with E-state index in [4.69, 9.17) is 0 Å². The highest BCUT2D eigenvalue weighted by Crippen LogP contribution is 2.32. The average Bonchev–Trinajstić information content (AvgIpc) is 2.23. The van der Waals surface area contributed by atoms with Crippen LogP contribution in [0.1, 0.15) is 46.5 Å². The lowest BCUT2D eigenvalue weighted by molar-refractivity contribution is 0.253. The molecule has 2 heteroatoms. The molecule has 0 saturated carbocycles. The first-order valence-corrected chi connectivity index (χ1v) is 7.04. The summed E-state index contributed by atoms with van der Waals surface area (Å²) < 4.78 is 0. The third-order valence-electron chi connectivity index (χ3n) is 3.39. The van der Waals surface area contributed by atoms with Crippen LogP contribution in [0.15, 0.2) is 0 Å². The molecule has 0 saturated heterocycles. The summed E-state index contributed by atoms with van der Waals surface area (Å²) in [4.78, 5) is 0. The van der Waals surface area contributed by atoms with Gasteiger partial charge in [-0.2, -0.15) is 11.8 Å². The van der Waals surface area contributed by atoms with E-state index in [1.165, 1.54) is 25.7 Å². The first-order chi connectivity index (χ1) is 6.58. The summed E-state index contributed by atoms with van der Waals surface area (Å²) in [5.41, 5.74) is 0.549. The summed E-state index contributed by atoms with van der Waals surface area (Å²) >= 11 is 1.98. The number of thioether (sulfide) groups is 1. The van der Waals surface area contributed by atoms with E-state index in [9.17, 15) is 0 Å². The van der Waals surface area contributed by atoms with Gasteiger partial charge in [-0.05, 0) is 44.5 Å². The summed E-state index contributed by atoms with van der Waals surface area (Å²) in [6.45, 7) is 8.23. The Morgan fingerprint density at radius 3 is 2.43 bits per heavy atom. The monoisotopic (exact) mass is 217 g/mol. The van der Waals surface area contributed by atoms with Crippen molar-refractivity contribution in [2.24, 2.45) is 5.41 Å². The SMILES string of the molecule is CCC(C)(CCNC)CCC(C)SC. The molecule has 0 radical (unpaired) electrons. The Balaban J connectivity index is 3.85.